The first-order chi connectivity index (χ1) is 55.2. The number of nitrogens with zero attached hydrogens (tertiary/aromatic N) is 9. The Morgan fingerprint density at radius 1 is 0.410 bits per heavy atom. The van der Waals surface area contributed by atoms with E-state index in [1.807, 2.05) is 122 Å². The van der Waals surface area contributed by atoms with Gasteiger partial charge in [-0.25, -0.2) is 15.0 Å². The van der Waals surface area contributed by atoms with Crippen molar-refractivity contribution in [2.45, 2.75) is 85.5 Å². The number of aryl methyl sites for hydroxylation is 2. The van der Waals surface area contributed by atoms with Crippen molar-refractivity contribution in [3.63, 3.8) is 0 Å². The number of hydrogen-bond donors (Lipinski definition) is 1. The van der Waals surface area contributed by atoms with Crippen molar-refractivity contribution in [1.29, 1.82) is 0 Å². The Labute approximate surface area is 724 Å². The summed E-state index contributed by atoms with van der Waals surface area (Å²) in [7, 11) is 0. The van der Waals surface area contributed by atoms with Gasteiger partial charge in [0.15, 0.2) is 17.4 Å². The molecule has 0 bridgehead atoms. The number of allylic oxidation sites excluding steroid dienone is 2. The number of rotatable bonds is 11. The van der Waals surface area contributed by atoms with Crippen LogP contribution in [0.3, 0.4) is 0 Å². The van der Waals surface area contributed by atoms with Crippen molar-refractivity contribution in [2.24, 2.45) is 0 Å². The van der Waals surface area contributed by atoms with Gasteiger partial charge >= 0.3 is 21.1 Å². The van der Waals surface area contributed by atoms with E-state index >= 15 is 0 Å². The maximum atomic E-state index is 10.0. The molecule has 11 nitrogen and oxygen atoms in total. The van der Waals surface area contributed by atoms with Gasteiger partial charge in [-0.05, 0) is 137 Å². The molecule has 6 aromatic heterocycles. The Kier molecular flexibility index (Phi) is 23.5. The molecule has 17 aromatic rings. The standard InChI is InChI=1S/C46H34N4.C28H21N4.C24H18N.C5H8O2.2Ir.Pt/c1-45(2)36-19-11-17-34-35-18-12-20-37-43(35)50(42(34)36)44-38(45)27-33(28-39(44)46(37,3)4)49(31-15-9-13-29(25-31)40-21-5-7-23-47-40)32-16-10-14-30(26-32)41-22-6-8-24-48-41;1-19-6-10-22(11-7-19)26-30-27(23-12-8-20(2)9-13-23)32-28(31-26)24-16-14-21(15-17-24)25-5-3-4-18-29-25;1-24(2)20-9-5-4-8-18(20)19-13-11-17(15-21(19)24)23-14-12-16-7-3-6-10-22(16)25-23;1-4(6)3-5(2)7;;;/h5-24,27-28H,1-4H3;3-14,16-18H,1-2H3;3-10,12-15H,1-2H3;3,6H,1-2H3;;;/q-2;2*-1;;;;+2. The van der Waals surface area contributed by atoms with Crippen LogP contribution in [0.25, 0.3) is 129 Å². The number of para-hydroxylation sites is 3. The third-order valence-corrected chi connectivity index (χ3v) is 22.1. The average molecular weight is 2060 g/mol. The number of aliphatic hydroxyl groups excluding tert-OH is 1. The number of ketones is 1. The van der Waals surface area contributed by atoms with Crippen LogP contribution in [-0.4, -0.2) is 50.3 Å². The molecule has 20 rings (SSSR count). The summed E-state index contributed by atoms with van der Waals surface area (Å²) in [5.41, 5.74) is 30.9. The summed E-state index contributed by atoms with van der Waals surface area (Å²) in [5.74, 6) is 1.86. The second-order valence-electron chi connectivity index (χ2n) is 30.9. The number of carbonyl (C=O) groups excluding carboxylic acids is 1. The van der Waals surface area contributed by atoms with E-state index in [1.165, 1.54) is 108 Å². The Morgan fingerprint density at radius 2 is 0.872 bits per heavy atom. The summed E-state index contributed by atoms with van der Waals surface area (Å²) in [4.78, 5) is 45.3. The Hall–Kier alpha value is -11.9. The van der Waals surface area contributed by atoms with E-state index in [0.29, 0.717) is 17.5 Å². The van der Waals surface area contributed by atoms with Crippen LogP contribution < -0.4 is 4.90 Å². The fourth-order valence-corrected chi connectivity index (χ4v) is 16.2. The number of carbonyl (C=O) groups is 1. The molecule has 0 saturated carbocycles. The Bertz CT molecular complexity index is 6350. The molecular formula is C103H81Ir2N9O2Pt-2. The first-order valence-corrected chi connectivity index (χ1v) is 38.4. The molecule has 117 heavy (non-hydrogen) atoms. The minimum absolute atomic E-state index is 0. The fourth-order valence-electron chi connectivity index (χ4n) is 16.2. The summed E-state index contributed by atoms with van der Waals surface area (Å²) in [5, 5.41) is 12.2. The minimum atomic E-state index is -0.248. The van der Waals surface area contributed by atoms with Gasteiger partial charge in [-0.15, -0.1) is 119 Å². The van der Waals surface area contributed by atoms with Gasteiger partial charge in [0.2, 0.25) is 0 Å². The van der Waals surface area contributed by atoms with E-state index in [0.717, 1.165) is 84.3 Å². The van der Waals surface area contributed by atoms with E-state index < -0.39 is 0 Å². The van der Waals surface area contributed by atoms with Gasteiger partial charge in [0.05, 0.1) is 28.0 Å². The van der Waals surface area contributed by atoms with E-state index in [9.17, 15) is 4.79 Å². The molecule has 8 heterocycles. The van der Waals surface area contributed by atoms with Gasteiger partial charge in [-0.1, -0.05) is 245 Å². The second-order valence-corrected chi connectivity index (χ2v) is 30.9. The maximum Gasteiger partial charge on any atom is 2.00 e. The summed E-state index contributed by atoms with van der Waals surface area (Å²) in [6.45, 7) is 21.1. The number of benzene rings is 11. The molecular weight excluding hydrogens is 1970 g/mol. The zero-order valence-corrected chi connectivity index (χ0v) is 73.3. The van der Waals surface area contributed by atoms with Crippen molar-refractivity contribution < 1.29 is 71.2 Å². The average Bonchev–Trinajstić information content (AvgIpc) is 1.54. The van der Waals surface area contributed by atoms with Crippen LogP contribution in [0.4, 0.5) is 17.1 Å². The molecule has 580 valence electrons. The SMILES string of the molecule is CC(=O)C=C(C)O.CC1(C)c2cc(N(c3[c-]c(-c4ccccn4)ccc3)c3[c-]c(-c4ccccn4)ccc3)cc3c2-n2c4c1cccc4c1cccc(c12)C3(C)C.CC1(C)c2ccccc2-c2c[c-]c(-c3ccc4ccccc4n3)cc21.Cc1ccc(-c2nc(-c3c[c-]c(-c4ccccn4)cc3)nc(-c3ccc(C)cc3)n2)cc1.[Ir].[Ir].[Pt+2]. The number of hydrogen-bond acceptors (Lipinski definition) is 10. The third kappa shape index (κ3) is 15.8. The quantitative estimate of drug-likeness (QED) is 0.0757. The molecule has 2 aliphatic heterocycles. The molecule has 0 amide bonds. The molecule has 2 radical (unpaired) electrons. The van der Waals surface area contributed by atoms with Crippen LogP contribution in [0.1, 0.15) is 99.9 Å². The molecule has 1 aliphatic carbocycles. The maximum absolute atomic E-state index is 10.0. The predicted octanol–water partition coefficient (Wildman–Crippen LogP) is 24.6. The summed E-state index contributed by atoms with van der Waals surface area (Å²) in [6.07, 6.45) is 6.62. The van der Waals surface area contributed by atoms with Crippen LogP contribution in [0.15, 0.2) is 309 Å². The van der Waals surface area contributed by atoms with E-state index in [1.54, 1.807) is 6.20 Å². The summed E-state index contributed by atoms with van der Waals surface area (Å²) >= 11 is 0. The topological polar surface area (TPSA) is 136 Å². The fraction of sp³-hybridized carbons (Fsp3) is 0.126. The number of fused-ring (bicyclic) bond motifs is 5. The van der Waals surface area contributed by atoms with Crippen molar-refractivity contribution in [3.8, 4) is 96.0 Å². The first kappa shape index (κ1) is 81.6. The van der Waals surface area contributed by atoms with Crippen LogP contribution >= 0.6 is 0 Å². The van der Waals surface area contributed by atoms with Gasteiger partial charge in [0, 0.05) is 103 Å². The molecule has 14 heteroatoms. The molecule has 1 N–H and O–H groups in total. The second kappa shape index (κ2) is 33.7. The number of aromatic nitrogens is 8. The zero-order valence-electron chi connectivity index (χ0n) is 66.2. The van der Waals surface area contributed by atoms with Gasteiger partial charge < -0.3 is 29.5 Å². The van der Waals surface area contributed by atoms with Gasteiger partial charge in [-0.3, -0.25) is 9.78 Å². The predicted molar refractivity (Wildman–Crippen MR) is 462 cm³/mol. The number of anilines is 3. The largest absolute Gasteiger partial charge is 2.00 e. The number of pyridine rings is 4. The van der Waals surface area contributed by atoms with E-state index in [4.69, 9.17) is 25.0 Å². The van der Waals surface area contributed by atoms with Crippen LogP contribution in [0, 0.1) is 38.1 Å². The monoisotopic (exact) mass is 2060 g/mol. The molecule has 0 fully saturated rings. The Balaban J connectivity index is 0.000000145. The minimum Gasteiger partial charge on any atom is -0.512 e. The first-order valence-electron chi connectivity index (χ1n) is 38.4. The molecule has 3 aliphatic rings. The van der Waals surface area contributed by atoms with Crippen LogP contribution in [0.5, 0.6) is 0 Å². The third-order valence-electron chi connectivity index (χ3n) is 22.1. The normalized spacial score (nSPS) is 13.0. The van der Waals surface area contributed by atoms with Crippen molar-refractivity contribution in [1.82, 2.24) is 39.5 Å². The van der Waals surface area contributed by atoms with Gasteiger partial charge in [-0.2, -0.15) is 0 Å². The molecule has 0 unspecified atom stereocenters. The van der Waals surface area contributed by atoms with Gasteiger partial charge in [0.1, 0.15) is 5.82 Å². The van der Waals surface area contributed by atoms with Crippen LogP contribution in [0.2, 0.25) is 0 Å². The van der Waals surface area contributed by atoms with Crippen molar-refractivity contribution in [3.05, 3.63) is 378 Å². The smallest absolute Gasteiger partial charge is 0.512 e. The Morgan fingerprint density at radius 3 is 1.37 bits per heavy atom. The van der Waals surface area contributed by atoms with E-state index in [-0.39, 0.29) is 89.1 Å². The van der Waals surface area contributed by atoms with Crippen LogP contribution in [-0.2, 0) is 82.3 Å². The van der Waals surface area contributed by atoms with E-state index in [2.05, 4.69) is 274 Å². The zero-order chi connectivity index (χ0) is 78.6. The summed E-state index contributed by atoms with van der Waals surface area (Å²) in [6, 6.07) is 111. The molecule has 11 aromatic carbocycles. The van der Waals surface area contributed by atoms with Crippen molar-refractivity contribution in [2.75, 3.05) is 4.90 Å². The van der Waals surface area contributed by atoms with Crippen molar-refractivity contribution >= 4 is 55.6 Å². The molecule has 0 atom stereocenters. The summed E-state index contributed by atoms with van der Waals surface area (Å²) < 4.78 is 2.58. The van der Waals surface area contributed by atoms with Gasteiger partial charge in [0.25, 0.3) is 0 Å². The number of aliphatic hydroxyl groups is 1. The molecule has 0 spiro atoms. The molecule has 0 saturated heterocycles.